The van der Waals surface area contributed by atoms with E-state index >= 15 is 0 Å². The largest absolute Gasteiger partial charge is 0.307 e. The Labute approximate surface area is 170 Å². The predicted octanol–water partition coefficient (Wildman–Crippen LogP) is 6.42. The Morgan fingerprint density at radius 2 is 1.66 bits per heavy atom. The van der Waals surface area contributed by atoms with Crippen molar-refractivity contribution in [1.29, 1.82) is 0 Å². The van der Waals surface area contributed by atoms with Crippen molar-refractivity contribution in [1.82, 2.24) is 4.40 Å². The van der Waals surface area contributed by atoms with Gasteiger partial charge in [-0.05, 0) is 47.1 Å². The topological polar surface area (TPSA) is 8.29 Å². The number of pyridine rings is 2. The van der Waals surface area contributed by atoms with Gasteiger partial charge >= 0.3 is 0 Å². The minimum atomic E-state index is 0.131. The molecule has 0 saturated heterocycles. The number of aryl methyl sites for hydroxylation is 2. The summed E-state index contributed by atoms with van der Waals surface area (Å²) < 4.78 is 4.78. The van der Waals surface area contributed by atoms with Gasteiger partial charge in [0.15, 0.2) is 6.20 Å². The van der Waals surface area contributed by atoms with Crippen molar-refractivity contribution in [2.75, 3.05) is 0 Å². The lowest BCUT2D eigenvalue weighted by Gasteiger charge is -2.19. The highest BCUT2D eigenvalue weighted by Crippen LogP contribution is 2.41. The molecule has 0 N–H and O–H groups in total. The van der Waals surface area contributed by atoms with Crippen LogP contribution in [-0.2, 0) is 12.5 Å². The van der Waals surface area contributed by atoms with Gasteiger partial charge in [0.2, 0.25) is 5.52 Å². The highest BCUT2D eigenvalue weighted by atomic mass is 14.9. The Hall–Kier alpha value is -3.13. The summed E-state index contributed by atoms with van der Waals surface area (Å²) in [7, 11) is 2.17. The SMILES string of the molecule is Cc1ccc2c3cc(C(C)(C)C)ccc3n3c4cccc5cc[n+](C)c(c1c23)c54. The summed E-state index contributed by atoms with van der Waals surface area (Å²) in [5.41, 5.74) is 8.09. The third-order valence-corrected chi connectivity index (χ3v) is 6.62. The van der Waals surface area contributed by atoms with Crippen LogP contribution in [0.25, 0.3) is 49.0 Å². The normalized spacial score (nSPS) is 13.0. The van der Waals surface area contributed by atoms with Crippen LogP contribution in [0, 0.1) is 6.92 Å². The van der Waals surface area contributed by atoms with Gasteiger partial charge in [-0.25, -0.2) is 4.57 Å². The van der Waals surface area contributed by atoms with Gasteiger partial charge in [-0.15, -0.1) is 0 Å². The van der Waals surface area contributed by atoms with Crippen molar-refractivity contribution in [2.24, 2.45) is 7.05 Å². The van der Waals surface area contributed by atoms with Gasteiger partial charge in [-0.3, -0.25) is 0 Å². The van der Waals surface area contributed by atoms with E-state index < -0.39 is 0 Å². The van der Waals surface area contributed by atoms with E-state index in [1.165, 1.54) is 60.1 Å². The van der Waals surface area contributed by atoms with Crippen LogP contribution in [0.3, 0.4) is 0 Å². The third-order valence-electron chi connectivity index (χ3n) is 6.62. The molecule has 0 fully saturated rings. The molecule has 29 heavy (non-hydrogen) atoms. The fourth-order valence-corrected chi connectivity index (χ4v) is 5.11. The number of rotatable bonds is 0. The zero-order valence-corrected chi connectivity index (χ0v) is 17.7. The Morgan fingerprint density at radius 1 is 0.828 bits per heavy atom. The quantitative estimate of drug-likeness (QED) is 0.164. The first-order chi connectivity index (χ1) is 13.9. The summed E-state index contributed by atoms with van der Waals surface area (Å²) in [5, 5.41) is 6.70. The van der Waals surface area contributed by atoms with Gasteiger partial charge in [0, 0.05) is 16.8 Å². The van der Waals surface area contributed by atoms with E-state index in [4.69, 9.17) is 0 Å². The summed E-state index contributed by atoms with van der Waals surface area (Å²) in [6.45, 7) is 9.11. The van der Waals surface area contributed by atoms with Crippen LogP contribution in [0.2, 0.25) is 0 Å². The summed E-state index contributed by atoms with van der Waals surface area (Å²) in [4.78, 5) is 0. The van der Waals surface area contributed by atoms with Gasteiger partial charge in [0.05, 0.1) is 27.3 Å². The number of nitrogens with zero attached hydrogens (tertiary/aromatic N) is 2. The predicted molar refractivity (Wildman–Crippen MR) is 123 cm³/mol. The average molecular weight is 378 g/mol. The van der Waals surface area contributed by atoms with Crippen LogP contribution in [0.5, 0.6) is 0 Å². The van der Waals surface area contributed by atoms with E-state index in [0.29, 0.717) is 0 Å². The van der Waals surface area contributed by atoms with Crippen LogP contribution >= 0.6 is 0 Å². The fraction of sp³-hybridized carbons (Fsp3) is 0.222. The summed E-state index contributed by atoms with van der Waals surface area (Å²) in [5.74, 6) is 0. The second-order valence-electron chi connectivity index (χ2n) is 9.49. The maximum absolute atomic E-state index is 2.49. The van der Waals surface area contributed by atoms with Gasteiger partial charge in [-0.1, -0.05) is 51.1 Å². The highest BCUT2D eigenvalue weighted by Gasteiger charge is 2.24. The number of hydrogen-bond donors (Lipinski definition) is 0. The molecule has 2 nitrogen and oxygen atoms in total. The van der Waals surface area contributed by atoms with Crippen molar-refractivity contribution in [3.63, 3.8) is 0 Å². The molecule has 6 rings (SSSR count). The molecule has 3 aromatic carbocycles. The summed E-state index contributed by atoms with van der Waals surface area (Å²) in [6.07, 6.45) is 2.19. The van der Waals surface area contributed by atoms with Crippen LogP contribution in [-0.4, -0.2) is 4.40 Å². The van der Waals surface area contributed by atoms with Crippen LogP contribution in [0.4, 0.5) is 0 Å². The van der Waals surface area contributed by atoms with Crippen LogP contribution < -0.4 is 4.57 Å². The van der Waals surface area contributed by atoms with Gasteiger partial charge in [0.1, 0.15) is 7.05 Å². The van der Waals surface area contributed by atoms with Crippen molar-refractivity contribution in [2.45, 2.75) is 33.1 Å². The third kappa shape index (κ3) is 2.04. The molecule has 3 aromatic heterocycles. The molecule has 3 heterocycles. The van der Waals surface area contributed by atoms with E-state index in [9.17, 15) is 0 Å². The first kappa shape index (κ1) is 16.8. The molecule has 6 aromatic rings. The molecule has 0 atom stereocenters. The average Bonchev–Trinajstić information content (AvgIpc) is 3.02. The van der Waals surface area contributed by atoms with Crippen molar-refractivity contribution in [3.05, 3.63) is 71.9 Å². The zero-order chi connectivity index (χ0) is 20.1. The second-order valence-corrected chi connectivity index (χ2v) is 9.49. The Bertz CT molecular complexity index is 1590. The molecule has 0 aliphatic rings. The first-order valence-electron chi connectivity index (χ1n) is 10.4. The minimum absolute atomic E-state index is 0.131. The highest BCUT2D eigenvalue weighted by molar-refractivity contribution is 6.25. The van der Waals surface area contributed by atoms with Gasteiger partial charge < -0.3 is 4.40 Å². The van der Waals surface area contributed by atoms with Crippen molar-refractivity contribution < 1.29 is 4.57 Å². The van der Waals surface area contributed by atoms with E-state index in [-0.39, 0.29) is 5.41 Å². The van der Waals surface area contributed by atoms with E-state index in [1.807, 2.05) is 0 Å². The molecule has 2 heteroatoms. The number of fused-ring (bicyclic) bond motifs is 5. The molecule has 0 unspecified atom stereocenters. The fourth-order valence-electron chi connectivity index (χ4n) is 5.11. The van der Waals surface area contributed by atoms with Crippen molar-refractivity contribution in [3.8, 4) is 0 Å². The standard InChI is InChI=1S/C27H25N2/c1-16-9-11-19-20-15-18(27(2,3)4)10-12-21(20)29-22-8-6-7-17-13-14-28(5)26(24(17)22)23(16)25(19)29/h6-15H,1-5H3/q+1. The summed E-state index contributed by atoms with van der Waals surface area (Å²) >= 11 is 0. The van der Waals surface area contributed by atoms with Gasteiger partial charge in [0.25, 0.3) is 0 Å². The van der Waals surface area contributed by atoms with Gasteiger partial charge in [-0.2, -0.15) is 0 Å². The molecule has 0 amide bonds. The molecule has 0 saturated carbocycles. The maximum atomic E-state index is 2.49. The Kier molecular flexibility index (Phi) is 3.05. The Balaban J connectivity index is 2.01. The zero-order valence-electron chi connectivity index (χ0n) is 17.7. The van der Waals surface area contributed by atoms with Crippen LogP contribution in [0.15, 0.2) is 60.8 Å². The smallest absolute Gasteiger partial charge is 0.224 e. The molecule has 142 valence electrons. The maximum Gasteiger partial charge on any atom is 0.224 e. The second kappa shape index (κ2) is 5.27. The van der Waals surface area contributed by atoms with Crippen molar-refractivity contribution >= 4 is 49.0 Å². The molecule has 0 bridgehead atoms. The number of hydrogen-bond acceptors (Lipinski definition) is 0. The molecule has 0 spiro atoms. The summed E-state index contributed by atoms with van der Waals surface area (Å²) in [6, 6.07) is 20.5. The first-order valence-corrected chi connectivity index (χ1v) is 10.4. The molecular formula is C27H25N2+. The lowest BCUT2D eigenvalue weighted by molar-refractivity contribution is -0.643. The molecule has 0 aliphatic heterocycles. The molecule has 0 radical (unpaired) electrons. The lowest BCUT2D eigenvalue weighted by Crippen LogP contribution is -2.28. The monoisotopic (exact) mass is 377 g/mol. The number of benzene rings is 3. The van der Waals surface area contributed by atoms with E-state index in [0.717, 1.165) is 0 Å². The molecular weight excluding hydrogens is 352 g/mol. The van der Waals surface area contributed by atoms with E-state index in [1.54, 1.807) is 0 Å². The van der Waals surface area contributed by atoms with Crippen LogP contribution in [0.1, 0.15) is 31.9 Å². The Morgan fingerprint density at radius 3 is 2.45 bits per heavy atom. The number of aromatic nitrogens is 2. The van der Waals surface area contributed by atoms with E-state index in [2.05, 4.69) is 105 Å². The molecule has 0 aliphatic carbocycles. The minimum Gasteiger partial charge on any atom is -0.307 e. The lowest BCUT2D eigenvalue weighted by atomic mass is 9.86.